The number of hydrogen-bond donors (Lipinski definition) is 0. The summed E-state index contributed by atoms with van der Waals surface area (Å²) in [5.74, 6) is 0. The zero-order chi connectivity index (χ0) is 14.1. The predicted octanol–water partition coefficient (Wildman–Crippen LogP) is 2.81. The molecule has 4 nitrogen and oxygen atoms in total. The topological polar surface area (TPSA) is 45.5 Å². The fraction of sp³-hybridized carbons (Fsp3) is 0.500. The quantitative estimate of drug-likeness (QED) is 0.689. The van der Waals surface area contributed by atoms with E-state index in [1.165, 1.54) is 0 Å². The van der Waals surface area contributed by atoms with Gasteiger partial charge >= 0.3 is 0 Å². The van der Waals surface area contributed by atoms with Crippen molar-refractivity contribution < 1.29 is 9.47 Å². The summed E-state index contributed by atoms with van der Waals surface area (Å²) in [6, 6.07) is 7.92. The lowest BCUT2D eigenvalue weighted by Gasteiger charge is -2.25. The van der Waals surface area contributed by atoms with E-state index >= 15 is 0 Å². The minimum absolute atomic E-state index is 0.629. The highest BCUT2D eigenvalue weighted by Gasteiger charge is 2.11. The van der Waals surface area contributed by atoms with Crippen LogP contribution in [-0.4, -0.2) is 40.5 Å². The van der Waals surface area contributed by atoms with E-state index in [9.17, 15) is 5.26 Å². The maximum absolute atomic E-state index is 9.21. The smallest absolute Gasteiger partial charge is 0.101 e. The second kappa shape index (κ2) is 8.92. The highest BCUT2D eigenvalue weighted by Crippen LogP contribution is 2.24. The number of nitrogens with zero attached hydrogens (tertiary/aromatic N) is 2. The summed E-state index contributed by atoms with van der Waals surface area (Å²) < 4.78 is 11.2. The molecule has 0 heterocycles. The van der Waals surface area contributed by atoms with E-state index < -0.39 is 0 Å². The van der Waals surface area contributed by atoms with Gasteiger partial charge in [0.25, 0.3) is 0 Å². The van der Waals surface area contributed by atoms with Gasteiger partial charge in [-0.1, -0.05) is 15.9 Å². The molecule has 0 spiro atoms. The van der Waals surface area contributed by atoms with Gasteiger partial charge in [0.2, 0.25) is 0 Å². The molecule has 0 saturated carbocycles. The predicted molar refractivity (Wildman–Crippen MR) is 79.4 cm³/mol. The van der Waals surface area contributed by atoms with E-state index in [0.29, 0.717) is 18.8 Å². The van der Waals surface area contributed by atoms with Crippen molar-refractivity contribution in [1.82, 2.24) is 0 Å². The molecule has 104 valence electrons. The Morgan fingerprint density at radius 3 is 2.58 bits per heavy atom. The molecule has 0 aliphatic rings. The van der Waals surface area contributed by atoms with Crippen molar-refractivity contribution >= 4 is 21.6 Å². The van der Waals surface area contributed by atoms with Crippen LogP contribution in [0.3, 0.4) is 0 Å². The molecule has 0 N–H and O–H groups in total. The van der Waals surface area contributed by atoms with E-state index in [-0.39, 0.29) is 0 Å². The SMILES string of the molecule is COCCCN(CCOC)c1cc(Br)ccc1C#N. The molecule has 0 bridgehead atoms. The molecule has 1 rings (SSSR count). The van der Waals surface area contributed by atoms with Gasteiger partial charge in [-0.3, -0.25) is 0 Å². The summed E-state index contributed by atoms with van der Waals surface area (Å²) in [5.41, 5.74) is 1.61. The minimum atomic E-state index is 0.629. The number of methoxy groups -OCH3 is 2. The molecule has 0 radical (unpaired) electrons. The van der Waals surface area contributed by atoms with Crippen molar-refractivity contribution in [1.29, 1.82) is 5.26 Å². The van der Waals surface area contributed by atoms with Crippen LogP contribution in [-0.2, 0) is 9.47 Å². The lowest BCUT2D eigenvalue weighted by Crippen LogP contribution is -2.29. The number of ether oxygens (including phenoxy) is 2. The zero-order valence-electron chi connectivity index (χ0n) is 11.4. The number of halogens is 1. The summed E-state index contributed by atoms with van der Waals surface area (Å²) in [6.45, 7) is 2.93. The van der Waals surface area contributed by atoms with Crippen molar-refractivity contribution in [2.75, 3.05) is 45.4 Å². The van der Waals surface area contributed by atoms with Crippen LogP contribution < -0.4 is 4.90 Å². The van der Waals surface area contributed by atoms with Crippen LogP contribution in [0, 0.1) is 11.3 Å². The summed E-state index contributed by atoms with van der Waals surface area (Å²) >= 11 is 3.45. The average Bonchev–Trinajstić information content (AvgIpc) is 2.42. The van der Waals surface area contributed by atoms with E-state index in [1.807, 2.05) is 18.2 Å². The monoisotopic (exact) mass is 326 g/mol. The Balaban J connectivity index is 2.88. The first-order valence-electron chi connectivity index (χ1n) is 6.15. The molecule has 0 amide bonds. The van der Waals surface area contributed by atoms with Gasteiger partial charge in [-0.15, -0.1) is 0 Å². The number of benzene rings is 1. The van der Waals surface area contributed by atoms with Gasteiger partial charge in [-0.2, -0.15) is 5.26 Å². The Morgan fingerprint density at radius 2 is 1.95 bits per heavy atom. The third kappa shape index (κ3) is 5.19. The van der Waals surface area contributed by atoms with Crippen molar-refractivity contribution in [3.8, 4) is 6.07 Å². The van der Waals surface area contributed by atoms with Crippen LogP contribution in [0.1, 0.15) is 12.0 Å². The van der Waals surface area contributed by atoms with E-state index in [1.54, 1.807) is 14.2 Å². The fourth-order valence-electron chi connectivity index (χ4n) is 1.81. The number of nitriles is 1. The normalized spacial score (nSPS) is 10.2. The minimum Gasteiger partial charge on any atom is -0.385 e. The number of rotatable bonds is 8. The molecule has 0 atom stereocenters. The second-order valence-electron chi connectivity index (χ2n) is 4.10. The first-order chi connectivity index (χ1) is 9.22. The average molecular weight is 327 g/mol. The van der Waals surface area contributed by atoms with Crippen molar-refractivity contribution in [3.63, 3.8) is 0 Å². The molecule has 0 saturated heterocycles. The highest BCUT2D eigenvalue weighted by molar-refractivity contribution is 9.10. The van der Waals surface area contributed by atoms with Crippen LogP contribution in [0.15, 0.2) is 22.7 Å². The van der Waals surface area contributed by atoms with Crippen LogP contribution in [0.2, 0.25) is 0 Å². The van der Waals surface area contributed by atoms with Gasteiger partial charge in [-0.05, 0) is 24.6 Å². The van der Waals surface area contributed by atoms with E-state index in [4.69, 9.17) is 9.47 Å². The molecular weight excluding hydrogens is 308 g/mol. The molecule has 1 aromatic carbocycles. The third-order valence-electron chi connectivity index (χ3n) is 2.76. The van der Waals surface area contributed by atoms with Gasteiger partial charge in [0.05, 0.1) is 17.9 Å². The number of hydrogen-bond acceptors (Lipinski definition) is 4. The maximum atomic E-state index is 9.21. The van der Waals surface area contributed by atoms with Gasteiger partial charge in [0.1, 0.15) is 6.07 Å². The van der Waals surface area contributed by atoms with E-state index in [2.05, 4.69) is 26.9 Å². The molecule has 5 heteroatoms. The molecule has 0 aromatic heterocycles. The van der Waals surface area contributed by atoms with Gasteiger partial charge in [-0.25, -0.2) is 0 Å². The summed E-state index contributed by atoms with van der Waals surface area (Å²) in [7, 11) is 3.37. The summed E-state index contributed by atoms with van der Waals surface area (Å²) in [6.07, 6.45) is 0.914. The lowest BCUT2D eigenvalue weighted by atomic mass is 10.1. The Morgan fingerprint density at radius 1 is 1.21 bits per heavy atom. The van der Waals surface area contributed by atoms with E-state index in [0.717, 1.165) is 29.7 Å². The second-order valence-corrected chi connectivity index (χ2v) is 5.02. The highest BCUT2D eigenvalue weighted by atomic mass is 79.9. The van der Waals surface area contributed by atoms with Gasteiger partial charge in [0, 0.05) is 38.4 Å². The molecule has 0 unspecified atom stereocenters. The Labute approximate surface area is 123 Å². The summed E-state index contributed by atoms with van der Waals surface area (Å²) in [5, 5.41) is 9.21. The Bertz CT molecular complexity index is 432. The standard InChI is InChI=1S/C14H19BrN2O2/c1-18-8-3-6-17(7-9-19-2)14-10-13(15)5-4-12(14)11-16/h4-5,10H,3,6-9H2,1-2H3. The lowest BCUT2D eigenvalue weighted by molar-refractivity contribution is 0.191. The molecule has 1 aromatic rings. The molecule has 19 heavy (non-hydrogen) atoms. The molecule has 0 aliphatic heterocycles. The molecular formula is C14H19BrN2O2. The largest absolute Gasteiger partial charge is 0.385 e. The van der Waals surface area contributed by atoms with Gasteiger partial charge < -0.3 is 14.4 Å². The third-order valence-corrected chi connectivity index (χ3v) is 3.26. The van der Waals surface area contributed by atoms with Crippen LogP contribution in [0.5, 0.6) is 0 Å². The summed E-state index contributed by atoms with van der Waals surface area (Å²) in [4.78, 5) is 2.16. The molecule has 0 fully saturated rings. The Hall–Kier alpha value is -1.09. The van der Waals surface area contributed by atoms with Crippen LogP contribution in [0.4, 0.5) is 5.69 Å². The zero-order valence-corrected chi connectivity index (χ0v) is 12.9. The fourth-order valence-corrected chi connectivity index (χ4v) is 2.16. The first kappa shape index (κ1) is 16.0. The van der Waals surface area contributed by atoms with Crippen molar-refractivity contribution in [3.05, 3.63) is 28.2 Å². The Kier molecular flexibility index (Phi) is 7.49. The van der Waals surface area contributed by atoms with Crippen LogP contribution >= 0.6 is 15.9 Å². The van der Waals surface area contributed by atoms with Gasteiger partial charge in [0.15, 0.2) is 0 Å². The maximum Gasteiger partial charge on any atom is 0.101 e. The van der Waals surface area contributed by atoms with Crippen molar-refractivity contribution in [2.24, 2.45) is 0 Å². The van der Waals surface area contributed by atoms with Crippen LogP contribution in [0.25, 0.3) is 0 Å². The van der Waals surface area contributed by atoms with Crippen molar-refractivity contribution in [2.45, 2.75) is 6.42 Å². The number of anilines is 1. The first-order valence-corrected chi connectivity index (χ1v) is 6.94. The molecule has 0 aliphatic carbocycles.